The lowest BCUT2D eigenvalue weighted by Gasteiger charge is -2.36. The molecule has 0 aromatic carbocycles. The molecule has 0 aliphatic carbocycles. The van der Waals surface area contributed by atoms with Gasteiger partial charge in [0.1, 0.15) is 0 Å². The molecule has 2 fully saturated rings. The van der Waals surface area contributed by atoms with Crippen LogP contribution in [0.25, 0.3) is 0 Å². The average Bonchev–Trinajstić information content (AvgIpc) is 2.71. The van der Waals surface area contributed by atoms with Crippen molar-refractivity contribution < 1.29 is 22.7 Å². The van der Waals surface area contributed by atoms with Crippen LogP contribution >= 0.6 is 0 Å². The molecule has 0 saturated carbocycles. The van der Waals surface area contributed by atoms with Crippen LogP contribution in [-0.4, -0.2) is 44.9 Å². The summed E-state index contributed by atoms with van der Waals surface area (Å²) in [6, 6.07) is 0. The zero-order valence-corrected chi connectivity index (χ0v) is 9.98. The fourth-order valence-electron chi connectivity index (χ4n) is 2.66. The van der Waals surface area contributed by atoms with Crippen LogP contribution in [0.3, 0.4) is 0 Å². The molecular formula is C11H17F3N2O2. The first kappa shape index (κ1) is 13.6. The van der Waals surface area contributed by atoms with E-state index in [1.807, 2.05) is 0 Å². The minimum absolute atomic E-state index is 0.164. The zero-order chi connectivity index (χ0) is 13.2. The Bertz CT molecular complexity index is 322. The molecule has 2 atom stereocenters. The van der Waals surface area contributed by atoms with Crippen LogP contribution in [0.15, 0.2) is 0 Å². The Morgan fingerprint density at radius 1 is 1.50 bits per heavy atom. The minimum atomic E-state index is -4.23. The Labute approximate surface area is 103 Å². The Morgan fingerprint density at radius 2 is 2.28 bits per heavy atom. The van der Waals surface area contributed by atoms with E-state index >= 15 is 0 Å². The maximum atomic E-state index is 12.1. The van der Waals surface area contributed by atoms with Gasteiger partial charge in [-0.25, -0.2) is 0 Å². The van der Waals surface area contributed by atoms with Crippen molar-refractivity contribution in [2.24, 2.45) is 11.3 Å². The molecule has 0 unspecified atom stereocenters. The molecular weight excluding hydrogens is 249 g/mol. The maximum absolute atomic E-state index is 12.1. The van der Waals surface area contributed by atoms with Crippen LogP contribution < -0.4 is 10.6 Å². The van der Waals surface area contributed by atoms with Crippen molar-refractivity contribution in [2.45, 2.75) is 19.0 Å². The SMILES string of the molecule is O=C(NCCC(F)(F)F)[C@]12CNC[C@H]1CCOC2. The van der Waals surface area contributed by atoms with Gasteiger partial charge in [0.15, 0.2) is 0 Å². The fourth-order valence-corrected chi connectivity index (χ4v) is 2.66. The van der Waals surface area contributed by atoms with E-state index in [1.165, 1.54) is 0 Å². The summed E-state index contributed by atoms with van der Waals surface area (Å²) >= 11 is 0. The molecule has 0 radical (unpaired) electrons. The van der Waals surface area contributed by atoms with E-state index < -0.39 is 18.0 Å². The first-order chi connectivity index (χ1) is 8.44. The van der Waals surface area contributed by atoms with Crippen molar-refractivity contribution in [2.75, 3.05) is 32.8 Å². The largest absolute Gasteiger partial charge is 0.390 e. The minimum Gasteiger partial charge on any atom is -0.380 e. The Kier molecular flexibility index (Phi) is 3.82. The van der Waals surface area contributed by atoms with Crippen LogP contribution in [0, 0.1) is 11.3 Å². The number of nitrogens with one attached hydrogen (secondary N) is 2. The summed E-state index contributed by atoms with van der Waals surface area (Å²) in [7, 11) is 0. The lowest BCUT2D eigenvalue weighted by Crippen LogP contribution is -2.52. The summed E-state index contributed by atoms with van der Waals surface area (Å²) in [4.78, 5) is 12.1. The van der Waals surface area contributed by atoms with Gasteiger partial charge < -0.3 is 15.4 Å². The third-order valence-electron chi connectivity index (χ3n) is 3.73. The van der Waals surface area contributed by atoms with Crippen molar-refractivity contribution in [1.29, 1.82) is 0 Å². The summed E-state index contributed by atoms with van der Waals surface area (Å²) in [6.45, 7) is 1.76. The van der Waals surface area contributed by atoms with Gasteiger partial charge >= 0.3 is 6.18 Å². The summed E-state index contributed by atoms with van der Waals surface area (Å²) in [6.07, 6.45) is -4.45. The molecule has 1 amide bonds. The van der Waals surface area contributed by atoms with E-state index in [2.05, 4.69) is 10.6 Å². The predicted octanol–water partition coefficient (Wildman–Crippen LogP) is 0.681. The second-order valence-corrected chi connectivity index (χ2v) is 4.95. The molecule has 18 heavy (non-hydrogen) atoms. The molecule has 2 aliphatic rings. The van der Waals surface area contributed by atoms with E-state index in [4.69, 9.17) is 4.74 Å². The zero-order valence-electron chi connectivity index (χ0n) is 9.98. The lowest BCUT2D eigenvalue weighted by molar-refractivity contribution is -0.145. The van der Waals surface area contributed by atoms with E-state index in [1.54, 1.807) is 0 Å². The summed E-state index contributed by atoms with van der Waals surface area (Å²) in [5.41, 5.74) is -0.677. The topological polar surface area (TPSA) is 50.4 Å². The maximum Gasteiger partial charge on any atom is 0.390 e. The first-order valence-electron chi connectivity index (χ1n) is 6.07. The van der Waals surface area contributed by atoms with Gasteiger partial charge in [0.2, 0.25) is 5.91 Å². The monoisotopic (exact) mass is 266 g/mol. The van der Waals surface area contributed by atoms with Crippen LogP contribution in [0.1, 0.15) is 12.8 Å². The third-order valence-corrected chi connectivity index (χ3v) is 3.73. The molecule has 104 valence electrons. The van der Waals surface area contributed by atoms with Crippen LogP contribution in [0.5, 0.6) is 0 Å². The molecule has 7 heteroatoms. The molecule has 2 saturated heterocycles. The van der Waals surface area contributed by atoms with Crippen molar-refractivity contribution in [3.8, 4) is 0 Å². The number of carbonyl (C=O) groups is 1. The molecule has 4 nitrogen and oxygen atoms in total. The van der Waals surface area contributed by atoms with Crippen molar-refractivity contribution >= 4 is 5.91 Å². The van der Waals surface area contributed by atoms with Gasteiger partial charge in [0, 0.05) is 19.7 Å². The van der Waals surface area contributed by atoms with E-state index in [0.29, 0.717) is 19.8 Å². The number of hydrogen-bond acceptors (Lipinski definition) is 3. The van der Waals surface area contributed by atoms with Gasteiger partial charge in [0.25, 0.3) is 0 Å². The number of amides is 1. The molecule has 2 heterocycles. The Hall–Kier alpha value is -0.820. The van der Waals surface area contributed by atoms with E-state index in [-0.39, 0.29) is 18.4 Å². The summed E-state index contributed by atoms with van der Waals surface area (Å²) in [5.74, 6) is -0.154. The average molecular weight is 266 g/mol. The molecule has 0 bridgehead atoms. The number of ether oxygens (including phenoxy) is 1. The van der Waals surface area contributed by atoms with E-state index in [0.717, 1.165) is 13.0 Å². The number of alkyl halides is 3. The third kappa shape index (κ3) is 2.77. The quantitative estimate of drug-likeness (QED) is 0.790. The van der Waals surface area contributed by atoms with E-state index in [9.17, 15) is 18.0 Å². The number of fused-ring (bicyclic) bond motifs is 1. The standard InChI is InChI=1S/C11H17F3N2O2/c12-11(13,14)2-3-16-9(17)10-6-15-5-8(10)1-4-18-7-10/h8,15H,1-7H2,(H,16,17)/t8-,10+/m1/s1. The number of carbonyl (C=O) groups excluding carboxylic acids is 1. The van der Waals surface area contributed by atoms with Crippen molar-refractivity contribution in [1.82, 2.24) is 10.6 Å². The summed E-state index contributed by atoms with van der Waals surface area (Å²) < 4.78 is 41.4. The second-order valence-electron chi connectivity index (χ2n) is 4.95. The Morgan fingerprint density at radius 3 is 3.00 bits per heavy atom. The fraction of sp³-hybridized carbons (Fsp3) is 0.909. The highest BCUT2D eigenvalue weighted by Crippen LogP contribution is 2.37. The summed E-state index contributed by atoms with van der Waals surface area (Å²) in [5, 5.41) is 5.52. The second kappa shape index (κ2) is 5.05. The molecule has 2 rings (SSSR count). The highest BCUT2D eigenvalue weighted by molar-refractivity contribution is 5.84. The first-order valence-corrected chi connectivity index (χ1v) is 6.07. The van der Waals surface area contributed by atoms with Crippen LogP contribution in [0.2, 0.25) is 0 Å². The molecule has 2 N–H and O–H groups in total. The molecule has 2 aliphatic heterocycles. The van der Waals surface area contributed by atoms with Crippen LogP contribution in [-0.2, 0) is 9.53 Å². The van der Waals surface area contributed by atoms with Gasteiger partial charge in [-0.1, -0.05) is 0 Å². The number of rotatable bonds is 3. The molecule has 0 spiro atoms. The normalized spacial score (nSPS) is 32.1. The van der Waals surface area contributed by atoms with Crippen molar-refractivity contribution in [3.05, 3.63) is 0 Å². The highest BCUT2D eigenvalue weighted by atomic mass is 19.4. The predicted molar refractivity (Wildman–Crippen MR) is 57.9 cm³/mol. The van der Waals surface area contributed by atoms with Gasteiger partial charge in [-0.15, -0.1) is 0 Å². The number of halogens is 3. The molecule has 0 aromatic rings. The van der Waals surface area contributed by atoms with Gasteiger partial charge in [-0.05, 0) is 18.9 Å². The van der Waals surface area contributed by atoms with Gasteiger partial charge in [-0.2, -0.15) is 13.2 Å². The lowest BCUT2D eigenvalue weighted by atomic mass is 9.75. The number of hydrogen-bond donors (Lipinski definition) is 2. The van der Waals surface area contributed by atoms with Crippen molar-refractivity contribution in [3.63, 3.8) is 0 Å². The molecule has 0 aromatic heterocycles. The van der Waals surface area contributed by atoms with Gasteiger partial charge in [-0.3, -0.25) is 4.79 Å². The highest BCUT2D eigenvalue weighted by Gasteiger charge is 2.50. The smallest absolute Gasteiger partial charge is 0.380 e. The van der Waals surface area contributed by atoms with Gasteiger partial charge in [0.05, 0.1) is 18.4 Å². The Balaban J connectivity index is 1.91. The van der Waals surface area contributed by atoms with Crippen LogP contribution in [0.4, 0.5) is 13.2 Å².